The first-order valence-corrected chi connectivity index (χ1v) is 10.4. The number of aromatic amines is 1. The van der Waals surface area contributed by atoms with Crippen molar-refractivity contribution in [2.24, 2.45) is 0 Å². The van der Waals surface area contributed by atoms with Crippen LogP contribution in [0.15, 0.2) is 49.1 Å². The minimum atomic E-state index is -4.66. The van der Waals surface area contributed by atoms with Gasteiger partial charge in [0.2, 0.25) is 5.82 Å². The van der Waals surface area contributed by atoms with Crippen molar-refractivity contribution >= 4 is 28.2 Å². The van der Waals surface area contributed by atoms with E-state index >= 15 is 0 Å². The average molecular weight is 469 g/mol. The molecule has 0 spiro atoms. The van der Waals surface area contributed by atoms with E-state index in [1.54, 1.807) is 18.5 Å². The van der Waals surface area contributed by atoms with E-state index in [0.29, 0.717) is 24.1 Å². The molecule has 5 rings (SSSR count). The number of anilines is 2. The number of carbonyl (C=O) groups is 1. The number of H-pyrrole nitrogens is 1. The highest BCUT2D eigenvalue weighted by atomic mass is 19.4. The van der Waals surface area contributed by atoms with Gasteiger partial charge in [0.05, 0.1) is 48.7 Å². The molecule has 4 heterocycles. The van der Waals surface area contributed by atoms with Crippen LogP contribution >= 0.6 is 0 Å². The Labute approximate surface area is 191 Å². The van der Waals surface area contributed by atoms with Crippen LogP contribution in [0.3, 0.4) is 0 Å². The molecule has 1 aliphatic rings. The number of nitrogens with zero attached hydrogens (tertiary/aromatic N) is 5. The van der Waals surface area contributed by atoms with Gasteiger partial charge in [0, 0.05) is 30.2 Å². The molecule has 12 heteroatoms. The zero-order chi connectivity index (χ0) is 23.7. The van der Waals surface area contributed by atoms with Crippen molar-refractivity contribution in [3.8, 4) is 11.1 Å². The van der Waals surface area contributed by atoms with Crippen molar-refractivity contribution in [2.45, 2.75) is 6.18 Å². The standard InChI is InChI=1S/C22H18F3N7O2/c23-22(24,25)21-27-10-15(11-28-21)29-20(33)19-17-8-13(1-2-18(17)30-31-19)14-7-16(12-26-9-14)32-3-5-34-6-4-32/h1-2,7-12H,3-6H2,(H,29,33)(H,30,31). The number of fused-ring (bicyclic) bond motifs is 1. The van der Waals surface area contributed by atoms with E-state index < -0.39 is 17.9 Å². The van der Waals surface area contributed by atoms with Crippen molar-refractivity contribution in [2.75, 3.05) is 36.5 Å². The van der Waals surface area contributed by atoms with Crippen LogP contribution in [0.5, 0.6) is 0 Å². The molecule has 1 amide bonds. The van der Waals surface area contributed by atoms with Crippen molar-refractivity contribution < 1.29 is 22.7 Å². The largest absolute Gasteiger partial charge is 0.451 e. The third kappa shape index (κ3) is 4.39. The monoisotopic (exact) mass is 469 g/mol. The number of carbonyl (C=O) groups excluding carboxylic acids is 1. The molecule has 1 saturated heterocycles. The number of hydrogen-bond acceptors (Lipinski definition) is 7. The number of amides is 1. The first-order chi connectivity index (χ1) is 16.4. The summed E-state index contributed by atoms with van der Waals surface area (Å²) in [7, 11) is 0. The molecule has 0 atom stereocenters. The first-order valence-electron chi connectivity index (χ1n) is 10.4. The fraction of sp³-hybridized carbons (Fsp3) is 0.227. The van der Waals surface area contributed by atoms with Gasteiger partial charge in [-0.1, -0.05) is 6.07 Å². The van der Waals surface area contributed by atoms with Crippen LogP contribution in [0, 0.1) is 0 Å². The molecule has 0 bridgehead atoms. The third-order valence-corrected chi connectivity index (χ3v) is 5.37. The van der Waals surface area contributed by atoms with Crippen molar-refractivity contribution in [3.05, 3.63) is 60.6 Å². The summed E-state index contributed by atoms with van der Waals surface area (Å²) in [6, 6.07) is 7.54. The Hall–Kier alpha value is -4.06. The van der Waals surface area contributed by atoms with Crippen LogP contribution in [-0.4, -0.2) is 57.4 Å². The number of benzene rings is 1. The second kappa shape index (κ2) is 8.71. The topological polar surface area (TPSA) is 109 Å². The van der Waals surface area contributed by atoms with Crippen molar-refractivity contribution in [3.63, 3.8) is 0 Å². The summed E-state index contributed by atoms with van der Waals surface area (Å²) in [5, 5.41) is 9.91. The Balaban J connectivity index is 1.40. The molecular weight excluding hydrogens is 451 g/mol. The summed E-state index contributed by atoms with van der Waals surface area (Å²) in [5.74, 6) is -1.89. The highest BCUT2D eigenvalue weighted by Crippen LogP contribution is 2.29. The van der Waals surface area contributed by atoms with Gasteiger partial charge in [0.25, 0.3) is 5.91 Å². The maximum atomic E-state index is 12.8. The van der Waals surface area contributed by atoms with Gasteiger partial charge in [-0.15, -0.1) is 0 Å². The van der Waals surface area contributed by atoms with Gasteiger partial charge in [-0.2, -0.15) is 18.3 Å². The summed E-state index contributed by atoms with van der Waals surface area (Å²) in [4.78, 5) is 25.8. The second-order valence-corrected chi connectivity index (χ2v) is 7.61. The molecule has 1 aromatic carbocycles. The molecule has 34 heavy (non-hydrogen) atoms. The summed E-state index contributed by atoms with van der Waals surface area (Å²) in [5.41, 5.74) is 3.43. The minimum absolute atomic E-state index is 0.0210. The molecule has 0 radical (unpaired) electrons. The van der Waals surface area contributed by atoms with Gasteiger partial charge >= 0.3 is 6.18 Å². The molecule has 9 nitrogen and oxygen atoms in total. The van der Waals surface area contributed by atoms with Crippen LogP contribution < -0.4 is 10.2 Å². The Kier molecular flexibility index (Phi) is 5.57. The Morgan fingerprint density at radius 3 is 2.53 bits per heavy atom. The molecule has 0 unspecified atom stereocenters. The zero-order valence-electron chi connectivity index (χ0n) is 17.6. The summed E-state index contributed by atoms with van der Waals surface area (Å²) in [6.45, 7) is 2.88. The van der Waals surface area contributed by atoms with Gasteiger partial charge in [-0.3, -0.25) is 14.9 Å². The smallest absolute Gasteiger partial charge is 0.378 e. The van der Waals surface area contributed by atoms with Crippen molar-refractivity contribution in [1.82, 2.24) is 25.1 Å². The van der Waals surface area contributed by atoms with E-state index in [1.165, 1.54) is 0 Å². The number of hydrogen-bond donors (Lipinski definition) is 2. The number of rotatable bonds is 4. The molecule has 0 aliphatic carbocycles. The van der Waals surface area contributed by atoms with Gasteiger partial charge in [0.15, 0.2) is 5.69 Å². The number of ether oxygens (including phenoxy) is 1. The fourth-order valence-electron chi connectivity index (χ4n) is 3.68. The highest BCUT2D eigenvalue weighted by molar-refractivity contribution is 6.11. The molecule has 2 N–H and O–H groups in total. The predicted octanol–water partition coefficient (Wildman–Crippen LogP) is 3.52. The number of pyridine rings is 1. The van der Waals surface area contributed by atoms with Crippen molar-refractivity contribution in [1.29, 1.82) is 0 Å². The lowest BCUT2D eigenvalue weighted by Gasteiger charge is -2.28. The van der Waals surface area contributed by atoms with E-state index in [2.05, 4.69) is 35.4 Å². The van der Waals surface area contributed by atoms with Crippen LogP contribution in [0.2, 0.25) is 0 Å². The van der Waals surface area contributed by atoms with E-state index in [1.807, 2.05) is 18.2 Å². The molecule has 4 aromatic rings. The summed E-state index contributed by atoms with van der Waals surface area (Å²) < 4.78 is 43.4. The zero-order valence-corrected chi connectivity index (χ0v) is 17.6. The van der Waals surface area contributed by atoms with E-state index in [0.717, 1.165) is 42.3 Å². The average Bonchev–Trinajstić information content (AvgIpc) is 3.28. The number of nitrogens with one attached hydrogen (secondary N) is 2. The fourth-order valence-corrected chi connectivity index (χ4v) is 3.68. The normalized spacial score (nSPS) is 14.4. The lowest BCUT2D eigenvalue weighted by molar-refractivity contribution is -0.144. The number of halogens is 3. The van der Waals surface area contributed by atoms with Crippen LogP contribution in [0.4, 0.5) is 24.5 Å². The highest BCUT2D eigenvalue weighted by Gasteiger charge is 2.34. The molecule has 174 valence electrons. The SMILES string of the molecule is O=C(Nc1cnc(C(F)(F)F)nc1)c1n[nH]c2ccc(-c3cncc(N4CCOCC4)c3)cc12. The molecule has 3 aromatic heterocycles. The Bertz CT molecular complexity index is 1330. The molecule has 1 aliphatic heterocycles. The van der Waals surface area contributed by atoms with Gasteiger partial charge in [-0.25, -0.2) is 9.97 Å². The van der Waals surface area contributed by atoms with Gasteiger partial charge in [-0.05, 0) is 23.8 Å². The first kappa shape index (κ1) is 21.8. The van der Waals surface area contributed by atoms with Gasteiger partial charge < -0.3 is 15.0 Å². The van der Waals surface area contributed by atoms with E-state index in [-0.39, 0.29) is 11.4 Å². The second-order valence-electron chi connectivity index (χ2n) is 7.61. The minimum Gasteiger partial charge on any atom is -0.378 e. The molecular formula is C22H18F3N7O2. The van der Waals surface area contributed by atoms with Crippen LogP contribution in [0.1, 0.15) is 16.3 Å². The maximum absolute atomic E-state index is 12.8. The summed E-state index contributed by atoms with van der Waals surface area (Å²) >= 11 is 0. The lowest BCUT2D eigenvalue weighted by Crippen LogP contribution is -2.36. The van der Waals surface area contributed by atoms with Gasteiger partial charge in [0.1, 0.15) is 0 Å². The molecule has 1 fully saturated rings. The number of morpholine rings is 1. The molecule has 0 saturated carbocycles. The number of aromatic nitrogens is 5. The predicted molar refractivity (Wildman–Crippen MR) is 117 cm³/mol. The Morgan fingerprint density at radius 2 is 1.79 bits per heavy atom. The lowest BCUT2D eigenvalue weighted by atomic mass is 10.0. The van der Waals surface area contributed by atoms with Crippen LogP contribution in [-0.2, 0) is 10.9 Å². The number of alkyl halides is 3. The summed E-state index contributed by atoms with van der Waals surface area (Å²) in [6.07, 6.45) is 0.680. The third-order valence-electron chi connectivity index (χ3n) is 5.37. The van der Waals surface area contributed by atoms with E-state index in [4.69, 9.17) is 4.74 Å². The van der Waals surface area contributed by atoms with E-state index in [9.17, 15) is 18.0 Å². The maximum Gasteiger partial charge on any atom is 0.451 e. The van der Waals surface area contributed by atoms with Crippen LogP contribution in [0.25, 0.3) is 22.0 Å². The Morgan fingerprint density at radius 1 is 1.03 bits per heavy atom. The quantitative estimate of drug-likeness (QED) is 0.471.